The van der Waals surface area contributed by atoms with E-state index >= 15 is 0 Å². The molecule has 0 bridgehead atoms. The highest BCUT2D eigenvalue weighted by molar-refractivity contribution is 8.10. The quantitative estimate of drug-likeness (QED) is 0.142. The Morgan fingerprint density at radius 1 is 0.580 bits per heavy atom. The van der Waals surface area contributed by atoms with Gasteiger partial charge in [-0.15, -0.1) is 0 Å². The first-order chi connectivity index (χ1) is 24.1. The Balaban J connectivity index is 1.25. The topological polar surface area (TPSA) is 112 Å². The van der Waals surface area contributed by atoms with Crippen molar-refractivity contribution in [1.82, 2.24) is 4.90 Å². The molecule has 1 heterocycles. The monoisotopic (exact) mass is 714 g/mol. The van der Waals surface area contributed by atoms with E-state index in [4.69, 9.17) is 18.9 Å². The molecule has 5 aromatic rings. The van der Waals surface area contributed by atoms with Crippen molar-refractivity contribution in [3.8, 4) is 34.1 Å². The van der Waals surface area contributed by atoms with Gasteiger partial charge in [0.15, 0.2) is 11.5 Å². The molecule has 0 N–H and O–H groups in total. The molecule has 6 rings (SSSR count). The normalized spacial score (nSPS) is 13.3. The van der Waals surface area contributed by atoms with Crippen molar-refractivity contribution < 1.29 is 35.8 Å². The van der Waals surface area contributed by atoms with Crippen LogP contribution in [-0.4, -0.2) is 56.7 Å². The molecule has 0 amide bonds. The third kappa shape index (κ3) is 7.00. The van der Waals surface area contributed by atoms with Crippen molar-refractivity contribution in [1.29, 1.82) is 0 Å². The Hall–Kier alpha value is -5.04. The number of methoxy groups -OCH3 is 4. The molecule has 260 valence electrons. The molecule has 5 aromatic carbocycles. The van der Waals surface area contributed by atoms with Gasteiger partial charge in [-0.1, -0.05) is 36.4 Å². The summed E-state index contributed by atoms with van der Waals surface area (Å²) in [7, 11) is -2.95. The summed E-state index contributed by atoms with van der Waals surface area (Å²) in [6, 6.07) is 29.9. The van der Waals surface area contributed by atoms with Crippen LogP contribution >= 0.6 is 0 Å². The SMILES string of the molecule is COc1ccc(S(=O)(=O)N(c2ccc(-c3ccc(CN4CCc5cc(OC)c(OC)cc5C4)cc3)cc2)S(=O)(=O)c2ccc(OC)cc2)cc1. The zero-order chi connectivity index (χ0) is 35.5. The van der Waals surface area contributed by atoms with Gasteiger partial charge in [-0.25, -0.2) is 16.8 Å². The van der Waals surface area contributed by atoms with Gasteiger partial charge in [-0.2, -0.15) is 3.71 Å². The van der Waals surface area contributed by atoms with E-state index in [0.29, 0.717) is 15.2 Å². The molecule has 1 aliphatic rings. The van der Waals surface area contributed by atoms with Crippen LogP contribution in [0.2, 0.25) is 0 Å². The van der Waals surface area contributed by atoms with E-state index in [-0.39, 0.29) is 15.5 Å². The maximum absolute atomic E-state index is 14.0. The summed E-state index contributed by atoms with van der Waals surface area (Å²) in [6.07, 6.45) is 0.916. The summed E-state index contributed by atoms with van der Waals surface area (Å²) >= 11 is 0. The minimum absolute atomic E-state index is 0.0309. The molecule has 0 radical (unpaired) electrons. The van der Waals surface area contributed by atoms with Crippen molar-refractivity contribution in [2.45, 2.75) is 29.3 Å². The van der Waals surface area contributed by atoms with Gasteiger partial charge in [0.2, 0.25) is 0 Å². The standard InChI is InChI=1S/C38H38N2O8S2/c1-45-33-13-17-35(18-14-33)49(41,42)40(50(43,44)36-19-15-34(46-2)16-20-36)32-11-9-29(10-12-32)28-7-5-27(6-8-28)25-39-22-21-30-23-37(47-3)38(48-4)24-31(30)26-39/h5-20,23-24H,21-22,25-26H2,1-4H3. The van der Waals surface area contributed by atoms with E-state index in [0.717, 1.165) is 54.2 Å². The molecule has 0 saturated carbocycles. The largest absolute Gasteiger partial charge is 0.497 e. The first-order valence-corrected chi connectivity index (χ1v) is 18.7. The van der Waals surface area contributed by atoms with Gasteiger partial charge in [0.25, 0.3) is 20.0 Å². The molecule has 0 atom stereocenters. The minimum Gasteiger partial charge on any atom is -0.497 e. The van der Waals surface area contributed by atoms with Gasteiger partial charge in [0, 0.05) is 19.6 Å². The number of ether oxygens (including phenoxy) is 4. The second-order valence-electron chi connectivity index (χ2n) is 11.7. The lowest BCUT2D eigenvalue weighted by atomic mass is 9.98. The van der Waals surface area contributed by atoms with E-state index < -0.39 is 20.0 Å². The maximum Gasteiger partial charge on any atom is 0.277 e. The summed E-state index contributed by atoms with van der Waals surface area (Å²) < 4.78 is 77.9. The fourth-order valence-corrected chi connectivity index (χ4v) is 9.70. The van der Waals surface area contributed by atoms with Crippen molar-refractivity contribution in [3.63, 3.8) is 0 Å². The van der Waals surface area contributed by atoms with Crippen molar-refractivity contribution >= 4 is 25.7 Å². The molecule has 12 heteroatoms. The van der Waals surface area contributed by atoms with Crippen LogP contribution in [-0.2, 0) is 39.6 Å². The Labute approximate surface area is 293 Å². The van der Waals surface area contributed by atoms with E-state index in [1.54, 1.807) is 26.4 Å². The molecular formula is C38H38N2O8S2. The van der Waals surface area contributed by atoms with Crippen LogP contribution in [0.15, 0.2) is 119 Å². The smallest absolute Gasteiger partial charge is 0.277 e. The molecule has 0 fully saturated rings. The summed E-state index contributed by atoms with van der Waals surface area (Å²) in [5.74, 6) is 2.34. The van der Waals surface area contributed by atoms with Crippen molar-refractivity contribution in [2.24, 2.45) is 0 Å². The van der Waals surface area contributed by atoms with Crippen molar-refractivity contribution in [3.05, 3.63) is 126 Å². The van der Waals surface area contributed by atoms with Crippen LogP contribution in [0.3, 0.4) is 0 Å². The number of benzene rings is 5. The molecule has 0 aliphatic carbocycles. The van der Waals surface area contributed by atoms with Gasteiger partial charge < -0.3 is 18.9 Å². The van der Waals surface area contributed by atoms with Crippen LogP contribution in [0, 0.1) is 0 Å². The Morgan fingerprint density at radius 2 is 1.04 bits per heavy atom. The molecule has 0 saturated heterocycles. The fourth-order valence-electron chi connectivity index (χ4n) is 6.01. The Kier molecular flexibility index (Phi) is 10.1. The third-order valence-electron chi connectivity index (χ3n) is 8.72. The van der Waals surface area contributed by atoms with Gasteiger partial charge in [-0.05, 0) is 107 Å². The Bertz CT molecular complexity index is 2090. The Morgan fingerprint density at radius 3 is 1.50 bits per heavy atom. The second-order valence-corrected chi connectivity index (χ2v) is 15.5. The van der Waals surface area contributed by atoms with Gasteiger partial charge >= 0.3 is 0 Å². The number of nitrogens with zero attached hydrogens (tertiary/aromatic N) is 2. The zero-order valence-corrected chi connectivity index (χ0v) is 29.8. The average Bonchev–Trinajstić information content (AvgIpc) is 3.14. The predicted molar refractivity (Wildman–Crippen MR) is 192 cm³/mol. The number of sulfonamides is 2. The molecule has 1 aliphatic heterocycles. The van der Waals surface area contributed by atoms with E-state index in [1.807, 2.05) is 12.1 Å². The lowest BCUT2D eigenvalue weighted by Crippen LogP contribution is -2.37. The fraction of sp³-hybridized carbons (Fsp3) is 0.211. The van der Waals surface area contributed by atoms with Gasteiger partial charge in [0.05, 0.1) is 43.9 Å². The lowest BCUT2D eigenvalue weighted by Gasteiger charge is -2.29. The summed E-state index contributed by atoms with van der Waals surface area (Å²) in [6.45, 7) is 2.49. The summed E-state index contributed by atoms with van der Waals surface area (Å²) in [4.78, 5) is 1.98. The van der Waals surface area contributed by atoms with E-state index in [9.17, 15) is 16.8 Å². The lowest BCUT2D eigenvalue weighted by molar-refractivity contribution is 0.244. The number of rotatable bonds is 12. The van der Waals surface area contributed by atoms with Crippen LogP contribution in [0.4, 0.5) is 5.69 Å². The number of hydrogen-bond acceptors (Lipinski definition) is 9. The molecule has 0 aromatic heterocycles. The van der Waals surface area contributed by atoms with Gasteiger partial charge in [0.1, 0.15) is 11.5 Å². The van der Waals surface area contributed by atoms with E-state index in [2.05, 4.69) is 29.2 Å². The molecule has 50 heavy (non-hydrogen) atoms. The first-order valence-electron chi connectivity index (χ1n) is 15.8. The van der Waals surface area contributed by atoms with Crippen LogP contribution < -0.4 is 22.7 Å². The molecule has 0 spiro atoms. The van der Waals surface area contributed by atoms with Gasteiger partial charge in [-0.3, -0.25) is 4.90 Å². The van der Waals surface area contributed by atoms with Crippen LogP contribution in [0.5, 0.6) is 23.0 Å². The van der Waals surface area contributed by atoms with Crippen LogP contribution in [0.25, 0.3) is 11.1 Å². The maximum atomic E-state index is 14.0. The summed E-state index contributed by atoms with van der Waals surface area (Å²) in [5.41, 5.74) is 5.32. The first kappa shape index (κ1) is 34.8. The average molecular weight is 715 g/mol. The number of anilines is 1. The van der Waals surface area contributed by atoms with Crippen molar-refractivity contribution in [2.75, 3.05) is 38.7 Å². The highest BCUT2D eigenvalue weighted by Gasteiger charge is 2.37. The highest BCUT2D eigenvalue weighted by Crippen LogP contribution is 2.35. The molecule has 10 nitrogen and oxygen atoms in total. The minimum atomic E-state index is -4.58. The number of hydrogen-bond donors (Lipinski definition) is 0. The second kappa shape index (κ2) is 14.4. The third-order valence-corrected chi connectivity index (χ3v) is 12.9. The van der Waals surface area contributed by atoms with Crippen LogP contribution in [0.1, 0.15) is 16.7 Å². The summed E-state index contributed by atoms with van der Waals surface area (Å²) in [5, 5.41) is 0. The zero-order valence-electron chi connectivity index (χ0n) is 28.2. The molecular weight excluding hydrogens is 677 g/mol. The van der Waals surface area contributed by atoms with E-state index in [1.165, 1.54) is 86.0 Å². The number of fused-ring (bicyclic) bond motifs is 1. The predicted octanol–water partition coefficient (Wildman–Crippen LogP) is 6.53. The highest BCUT2D eigenvalue weighted by atomic mass is 32.3. The molecule has 0 unspecified atom stereocenters.